The largest absolute Gasteiger partial charge is 0.331 e. The van der Waals surface area contributed by atoms with Gasteiger partial charge in [-0.1, -0.05) is 15.9 Å². The van der Waals surface area contributed by atoms with Crippen molar-refractivity contribution in [1.29, 1.82) is 0 Å². The lowest BCUT2D eigenvalue weighted by atomic mass is 10.2. The molecule has 2 amide bonds. The van der Waals surface area contributed by atoms with Crippen molar-refractivity contribution in [2.24, 2.45) is 0 Å². The van der Waals surface area contributed by atoms with Crippen molar-refractivity contribution >= 4 is 27.6 Å². The van der Waals surface area contributed by atoms with Crippen molar-refractivity contribution in [2.45, 2.75) is 32.9 Å². The van der Waals surface area contributed by atoms with E-state index in [0.717, 1.165) is 46.8 Å². The highest BCUT2D eigenvalue weighted by Crippen LogP contribution is 2.20. The molecule has 0 radical (unpaired) electrons. The van der Waals surface area contributed by atoms with Gasteiger partial charge in [0.15, 0.2) is 5.82 Å². The Bertz CT molecular complexity index is 682. The number of aromatic nitrogens is 3. The summed E-state index contributed by atoms with van der Waals surface area (Å²) < 4.78 is 3.09. The molecule has 0 atom stereocenters. The lowest BCUT2D eigenvalue weighted by Crippen LogP contribution is -2.29. The normalized spacial score (nSPS) is 13.0. The Hall–Kier alpha value is -1.89. The minimum atomic E-state index is -0.243. The fraction of sp³-hybridized carbons (Fsp3) is 0.357. The van der Waals surface area contributed by atoms with Crippen molar-refractivity contribution in [1.82, 2.24) is 20.1 Å². The third-order valence-corrected chi connectivity index (χ3v) is 4.40. The number of urea groups is 1. The van der Waals surface area contributed by atoms with Crippen LogP contribution in [0.1, 0.15) is 23.6 Å². The number of aryl methyl sites for hydroxylation is 2. The number of hydrogen-bond donors (Lipinski definition) is 2. The molecular weight excluding hydrogens is 334 g/mol. The molecule has 0 bridgehead atoms. The van der Waals surface area contributed by atoms with Gasteiger partial charge >= 0.3 is 6.03 Å². The van der Waals surface area contributed by atoms with Crippen molar-refractivity contribution in [3.8, 4) is 0 Å². The zero-order chi connectivity index (χ0) is 14.8. The zero-order valence-corrected chi connectivity index (χ0v) is 13.3. The van der Waals surface area contributed by atoms with E-state index in [-0.39, 0.29) is 6.03 Å². The Morgan fingerprint density at radius 3 is 3.10 bits per heavy atom. The summed E-state index contributed by atoms with van der Waals surface area (Å²) in [6, 6.07) is 5.44. The smallest absolute Gasteiger partial charge is 0.319 e. The Morgan fingerprint density at radius 1 is 1.43 bits per heavy atom. The van der Waals surface area contributed by atoms with Crippen LogP contribution in [0.3, 0.4) is 0 Å². The maximum atomic E-state index is 11.9. The van der Waals surface area contributed by atoms with E-state index in [1.54, 1.807) is 0 Å². The quantitative estimate of drug-likeness (QED) is 0.894. The molecule has 3 rings (SSSR count). The summed E-state index contributed by atoms with van der Waals surface area (Å²) in [6.45, 7) is 3.30. The van der Waals surface area contributed by atoms with Crippen LogP contribution in [0.15, 0.2) is 22.7 Å². The number of fused-ring (bicyclic) bond motifs is 1. The molecular formula is C14H16BrN5O. The van der Waals surface area contributed by atoms with Gasteiger partial charge in [0.25, 0.3) is 0 Å². The van der Waals surface area contributed by atoms with Crippen LogP contribution in [-0.2, 0) is 19.5 Å². The Morgan fingerprint density at radius 2 is 2.29 bits per heavy atom. The van der Waals surface area contributed by atoms with Gasteiger partial charge in [0, 0.05) is 23.1 Å². The Labute approximate surface area is 131 Å². The summed E-state index contributed by atoms with van der Waals surface area (Å²) in [5.41, 5.74) is 1.84. The monoisotopic (exact) mass is 349 g/mol. The number of amides is 2. The predicted molar refractivity (Wildman–Crippen MR) is 83.1 cm³/mol. The molecule has 0 fully saturated rings. The SMILES string of the molecule is Cc1cc(NC(=O)NCc2nnc3n2CCC3)ccc1Br. The van der Waals surface area contributed by atoms with Crippen LogP contribution in [0.5, 0.6) is 0 Å². The second-order valence-corrected chi connectivity index (χ2v) is 5.91. The molecule has 110 valence electrons. The molecule has 2 aromatic rings. The molecule has 6 nitrogen and oxygen atoms in total. The van der Waals surface area contributed by atoms with Gasteiger partial charge in [0.05, 0.1) is 6.54 Å². The molecule has 0 spiro atoms. The highest BCUT2D eigenvalue weighted by Gasteiger charge is 2.17. The van der Waals surface area contributed by atoms with Gasteiger partial charge < -0.3 is 15.2 Å². The van der Waals surface area contributed by atoms with E-state index < -0.39 is 0 Å². The maximum Gasteiger partial charge on any atom is 0.319 e. The van der Waals surface area contributed by atoms with E-state index in [4.69, 9.17) is 0 Å². The average molecular weight is 350 g/mol. The van der Waals surface area contributed by atoms with E-state index in [1.165, 1.54) is 0 Å². The number of rotatable bonds is 3. The van der Waals surface area contributed by atoms with E-state index in [0.29, 0.717) is 6.54 Å². The fourth-order valence-electron chi connectivity index (χ4n) is 2.40. The van der Waals surface area contributed by atoms with E-state index >= 15 is 0 Å². The van der Waals surface area contributed by atoms with Crippen LogP contribution < -0.4 is 10.6 Å². The van der Waals surface area contributed by atoms with Crippen molar-refractivity contribution in [3.63, 3.8) is 0 Å². The number of anilines is 1. The van der Waals surface area contributed by atoms with E-state index in [1.807, 2.05) is 25.1 Å². The van der Waals surface area contributed by atoms with E-state index in [9.17, 15) is 4.79 Å². The molecule has 0 unspecified atom stereocenters. The van der Waals surface area contributed by atoms with Crippen LogP contribution in [-0.4, -0.2) is 20.8 Å². The zero-order valence-electron chi connectivity index (χ0n) is 11.7. The van der Waals surface area contributed by atoms with Crippen LogP contribution in [0.4, 0.5) is 10.5 Å². The van der Waals surface area contributed by atoms with Crippen molar-refractivity contribution < 1.29 is 4.79 Å². The average Bonchev–Trinajstić information content (AvgIpc) is 3.04. The Kier molecular flexibility index (Phi) is 3.92. The van der Waals surface area contributed by atoms with Crippen LogP contribution in [0.25, 0.3) is 0 Å². The third-order valence-electron chi connectivity index (χ3n) is 3.51. The molecule has 7 heteroatoms. The number of benzene rings is 1. The highest BCUT2D eigenvalue weighted by molar-refractivity contribution is 9.10. The topological polar surface area (TPSA) is 71.8 Å². The van der Waals surface area contributed by atoms with Gasteiger partial charge in [-0.25, -0.2) is 4.79 Å². The van der Waals surface area contributed by atoms with Gasteiger partial charge in [-0.05, 0) is 37.1 Å². The number of nitrogens with one attached hydrogen (secondary N) is 2. The van der Waals surface area contributed by atoms with Gasteiger partial charge in [-0.3, -0.25) is 0 Å². The summed E-state index contributed by atoms with van der Waals surface area (Å²) in [7, 11) is 0. The van der Waals surface area contributed by atoms with Crippen LogP contribution >= 0.6 is 15.9 Å². The van der Waals surface area contributed by atoms with Crippen molar-refractivity contribution in [2.75, 3.05) is 5.32 Å². The lowest BCUT2D eigenvalue weighted by molar-refractivity contribution is 0.251. The fourth-order valence-corrected chi connectivity index (χ4v) is 2.65. The predicted octanol–water partition coefficient (Wildman–Crippen LogP) is 2.62. The summed E-state index contributed by atoms with van der Waals surface area (Å²) in [6.07, 6.45) is 2.07. The summed E-state index contributed by atoms with van der Waals surface area (Å²) in [5.74, 6) is 1.82. The molecule has 1 aliphatic rings. The molecule has 1 aromatic heterocycles. The summed E-state index contributed by atoms with van der Waals surface area (Å²) in [5, 5.41) is 13.8. The van der Waals surface area contributed by atoms with Gasteiger partial charge in [0.2, 0.25) is 0 Å². The first kappa shape index (κ1) is 14.1. The summed E-state index contributed by atoms with van der Waals surface area (Å²) >= 11 is 3.43. The van der Waals surface area contributed by atoms with E-state index in [2.05, 4.69) is 41.3 Å². The number of hydrogen-bond acceptors (Lipinski definition) is 3. The number of nitrogens with zero attached hydrogens (tertiary/aromatic N) is 3. The molecule has 1 aromatic carbocycles. The minimum Gasteiger partial charge on any atom is -0.331 e. The number of carbonyl (C=O) groups is 1. The first-order valence-electron chi connectivity index (χ1n) is 6.85. The lowest BCUT2D eigenvalue weighted by Gasteiger charge is -2.09. The second-order valence-electron chi connectivity index (χ2n) is 5.06. The van der Waals surface area contributed by atoms with Gasteiger partial charge in [-0.2, -0.15) is 0 Å². The highest BCUT2D eigenvalue weighted by atomic mass is 79.9. The van der Waals surface area contributed by atoms with Gasteiger partial charge in [-0.15, -0.1) is 10.2 Å². The van der Waals surface area contributed by atoms with Gasteiger partial charge in [0.1, 0.15) is 5.82 Å². The molecule has 2 heterocycles. The first-order chi connectivity index (χ1) is 10.1. The summed E-state index contributed by atoms with van der Waals surface area (Å²) in [4.78, 5) is 11.9. The van der Waals surface area contributed by atoms with Crippen molar-refractivity contribution in [3.05, 3.63) is 39.9 Å². The second kappa shape index (κ2) is 5.85. The first-order valence-corrected chi connectivity index (χ1v) is 7.65. The number of carbonyl (C=O) groups excluding carboxylic acids is 1. The maximum absolute atomic E-state index is 11.9. The Balaban J connectivity index is 1.58. The third kappa shape index (κ3) is 3.07. The molecule has 21 heavy (non-hydrogen) atoms. The molecule has 0 saturated carbocycles. The standard InChI is InChI=1S/C14H16BrN5O/c1-9-7-10(4-5-11(9)15)17-14(21)16-8-13-19-18-12-3-2-6-20(12)13/h4-5,7H,2-3,6,8H2,1H3,(H2,16,17,21). The van der Waals surface area contributed by atoms with Crippen LogP contribution in [0.2, 0.25) is 0 Å². The van der Waals surface area contributed by atoms with Crippen LogP contribution in [0, 0.1) is 6.92 Å². The minimum absolute atomic E-state index is 0.243. The molecule has 0 aliphatic carbocycles. The molecule has 2 N–H and O–H groups in total. The number of halogens is 1. The molecule has 1 aliphatic heterocycles. The molecule has 0 saturated heterocycles.